The molecular formula is C15H15N3O2. The molecule has 1 N–H and O–H groups in total. The van der Waals surface area contributed by atoms with Gasteiger partial charge in [0, 0.05) is 18.0 Å². The van der Waals surface area contributed by atoms with Crippen LogP contribution < -0.4 is 4.74 Å². The lowest BCUT2D eigenvalue weighted by atomic mass is 10.0. The summed E-state index contributed by atoms with van der Waals surface area (Å²) in [6, 6.07) is 9.07. The van der Waals surface area contributed by atoms with E-state index in [-0.39, 0.29) is 12.1 Å². The highest BCUT2D eigenvalue weighted by Gasteiger charge is 2.12. The van der Waals surface area contributed by atoms with Crippen molar-refractivity contribution in [3.8, 4) is 12.1 Å². The molecule has 0 unspecified atom stereocenters. The predicted octanol–water partition coefficient (Wildman–Crippen LogP) is 2.22. The third kappa shape index (κ3) is 3.31. The largest absolute Gasteiger partial charge is 0.461 e. The molecular weight excluding hydrogens is 254 g/mol. The molecule has 0 bridgehead atoms. The fourth-order valence-corrected chi connectivity index (χ4v) is 1.67. The minimum absolute atomic E-state index is 0.00398. The number of ether oxygens (including phenoxy) is 1. The second kappa shape index (κ2) is 6.13. The fourth-order valence-electron chi connectivity index (χ4n) is 1.67. The van der Waals surface area contributed by atoms with Gasteiger partial charge in [-0.15, -0.1) is 0 Å². The van der Waals surface area contributed by atoms with Crippen molar-refractivity contribution >= 4 is 0 Å². The number of rotatable bonds is 4. The van der Waals surface area contributed by atoms with Gasteiger partial charge in [-0.1, -0.05) is 12.1 Å². The van der Waals surface area contributed by atoms with Crippen LogP contribution >= 0.6 is 0 Å². The van der Waals surface area contributed by atoms with Gasteiger partial charge < -0.3 is 9.84 Å². The summed E-state index contributed by atoms with van der Waals surface area (Å²) in [6.45, 7) is 3.78. The molecule has 0 amide bonds. The van der Waals surface area contributed by atoms with Crippen LogP contribution in [-0.4, -0.2) is 21.2 Å². The molecule has 0 radical (unpaired) electrons. The molecule has 0 spiro atoms. The molecule has 5 heteroatoms. The maximum absolute atomic E-state index is 10.2. The van der Waals surface area contributed by atoms with Crippen molar-refractivity contribution < 1.29 is 9.84 Å². The van der Waals surface area contributed by atoms with Crippen molar-refractivity contribution in [2.24, 2.45) is 0 Å². The van der Waals surface area contributed by atoms with Crippen LogP contribution in [-0.2, 0) is 0 Å². The zero-order chi connectivity index (χ0) is 14.5. The molecule has 0 fully saturated rings. The maximum Gasteiger partial charge on any atom is 0.316 e. The molecule has 0 saturated heterocycles. The van der Waals surface area contributed by atoms with E-state index in [0.717, 1.165) is 0 Å². The first-order valence-electron chi connectivity index (χ1n) is 6.27. The van der Waals surface area contributed by atoms with E-state index in [2.05, 4.69) is 9.97 Å². The topological polar surface area (TPSA) is 79.0 Å². The lowest BCUT2D eigenvalue weighted by Crippen LogP contribution is -2.09. The van der Waals surface area contributed by atoms with E-state index in [4.69, 9.17) is 10.00 Å². The Morgan fingerprint density at radius 1 is 1.10 bits per heavy atom. The van der Waals surface area contributed by atoms with Gasteiger partial charge in [0.2, 0.25) is 0 Å². The zero-order valence-corrected chi connectivity index (χ0v) is 11.3. The fraction of sp³-hybridized carbons (Fsp3) is 0.267. The average Bonchev–Trinajstić information content (AvgIpc) is 2.47. The van der Waals surface area contributed by atoms with Crippen LogP contribution in [0, 0.1) is 11.3 Å². The molecule has 1 aromatic heterocycles. The second-order valence-electron chi connectivity index (χ2n) is 4.60. The molecule has 1 aromatic carbocycles. The van der Waals surface area contributed by atoms with Crippen molar-refractivity contribution in [3.63, 3.8) is 0 Å². The van der Waals surface area contributed by atoms with Crippen LogP contribution in [0.15, 0.2) is 36.7 Å². The van der Waals surface area contributed by atoms with Gasteiger partial charge in [0.1, 0.15) is 6.10 Å². The van der Waals surface area contributed by atoms with Gasteiger partial charge in [-0.2, -0.15) is 5.26 Å². The highest BCUT2D eigenvalue weighted by Crippen LogP contribution is 2.21. The predicted molar refractivity (Wildman–Crippen MR) is 73.0 cm³/mol. The van der Waals surface area contributed by atoms with Crippen LogP contribution in [0.4, 0.5) is 0 Å². The average molecular weight is 269 g/mol. The van der Waals surface area contributed by atoms with E-state index in [0.29, 0.717) is 16.7 Å². The van der Waals surface area contributed by atoms with Gasteiger partial charge in [0.05, 0.1) is 17.7 Å². The minimum atomic E-state index is -0.823. The Hall–Kier alpha value is -2.45. The number of nitrogens with zero attached hydrogens (tertiary/aromatic N) is 3. The number of aliphatic hydroxyl groups is 1. The molecule has 2 rings (SSSR count). The summed E-state index contributed by atoms with van der Waals surface area (Å²) < 4.78 is 5.35. The summed E-state index contributed by atoms with van der Waals surface area (Å²) in [5.74, 6) is 0. The Bertz CT molecular complexity index is 601. The Morgan fingerprint density at radius 2 is 1.70 bits per heavy atom. The standard InChI is InChI=1S/C15H15N3O2/c1-10(2)20-15-17-8-13(9-18-15)14(19)12-5-3-11(7-16)4-6-12/h3-6,8-10,14,19H,1-2H3/t14-/m0/s1. The lowest BCUT2D eigenvalue weighted by molar-refractivity contribution is 0.212. The van der Waals surface area contributed by atoms with Gasteiger partial charge in [-0.25, -0.2) is 9.97 Å². The Labute approximate surface area is 117 Å². The number of nitriles is 1. The number of hydrogen-bond acceptors (Lipinski definition) is 5. The van der Waals surface area contributed by atoms with Gasteiger partial charge in [0.15, 0.2) is 0 Å². The van der Waals surface area contributed by atoms with Gasteiger partial charge in [0.25, 0.3) is 0 Å². The normalized spacial score (nSPS) is 11.9. The van der Waals surface area contributed by atoms with Crippen LogP contribution in [0.1, 0.15) is 36.6 Å². The van der Waals surface area contributed by atoms with Gasteiger partial charge >= 0.3 is 6.01 Å². The number of aliphatic hydroxyl groups excluding tert-OH is 1. The third-order valence-corrected chi connectivity index (χ3v) is 2.66. The summed E-state index contributed by atoms with van der Waals surface area (Å²) >= 11 is 0. The first kappa shape index (κ1) is 14.0. The number of aromatic nitrogens is 2. The summed E-state index contributed by atoms with van der Waals surface area (Å²) in [5, 5.41) is 19.0. The molecule has 20 heavy (non-hydrogen) atoms. The first-order chi connectivity index (χ1) is 9.60. The zero-order valence-electron chi connectivity index (χ0n) is 11.3. The van der Waals surface area contributed by atoms with Crippen LogP contribution in [0.25, 0.3) is 0 Å². The van der Waals surface area contributed by atoms with E-state index < -0.39 is 6.10 Å². The van der Waals surface area contributed by atoms with Crippen molar-refractivity contribution in [2.75, 3.05) is 0 Å². The Balaban J connectivity index is 2.15. The third-order valence-electron chi connectivity index (χ3n) is 2.66. The van der Waals surface area contributed by atoms with Crippen molar-refractivity contribution in [2.45, 2.75) is 26.1 Å². The Morgan fingerprint density at radius 3 is 2.20 bits per heavy atom. The molecule has 0 aliphatic heterocycles. The highest BCUT2D eigenvalue weighted by atomic mass is 16.5. The van der Waals surface area contributed by atoms with E-state index in [9.17, 15) is 5.11 Å². The molecule has 102 valence electrons. The lowest BCUT2D eigenvalue weighted by Gasteiger charge is -2.12. The summed E-state index contributed by atoms with van der Waals surface area (Å²) in [4.78, 5) is 8.11. The summed E-state index contributed by atoms with van der Waals surface area (Å²) in [6.07, 6.45) is 2.25. The molecule has 0 saturated carbocycles. The maximum atomic E-state index is 10.2. The van der Waals surface area contributed by atoms with E-state index in [1.54, 1.807) is 24.3 Å². The van der Waals surface area contributed by atoms with Crippen LogP contribution in [0.5, 0.6) is 6.01 Å². The van der Waals surface area contributed by atoms with Crippen LogP contribution in [0.2, 0.25) is 0 Å². The van der Waals surface area contributed by atoms with Crippen LogP contribution in [0.3, 0.4) is 0 Å². The first-order valence-corrected chi connectivity index (χ1v) is 6.27. The second-order valence-corrected chi connectivity index (χ2v) is 4.60. The minimum Gasteiger partial charge on any atom is -0.461 e. The van der Waals surface area contributed by atoms with Gasteiger partial charge in [-0.3, -0.25) is 0 Å². The highest BCUT2D eigenvalue weighted by molar-refractivity contribution is 5.35. The molecule has 1 heterocycles. The summed E-state index contributed by atoms with van der Waals surface area (Å²) in [7, 11) is 0. The van der Waals surface area contributed by atoms with Crippen molar-refractivity contribution in [1.29, 1.82) is 5.26 Å². The Kier molecular flexibility index (Phi) is 4.28. The smallest absolute Gasteiger partial charge is 0.316 e. The molecule has 2 aromatic rings. The molecule has 5 nitrogen and oxygen atoms in total. The molecule has 0 aliphatic carbocycles. The number of benzene rings is 1. The van der Waals surface area contributed by atoms with Crippen molar-refractivity contribution in [3.05, 3.63) is 53.3 Å². The number of hydrogen-bond donors (Lipinski definition) is 1. The SMILES string of the molecule is CC(C)Oc1ncc([C@@H](O)c2ccc(C#N)cc2)cn1. The van der Waals surface area contributed by atoms with E-state index in [1.807, 2.05) is 19.9 Å². The van der Waals surface area contributed by atoms with Gasteiger partial charge in [-0.05, 0) is 31.5 Å². The van der Waals surface area contributed by atoms with E-state index in [1.165, 1.54) is 12.4 Å². The monoisotopic (exact) mass is 269 g/mol. The van der Waals surface area contributed by atoms with E-state index >= 15 is 0 Å². The summed E-state index contributed by atoms with van der Waals surface area (Å²) in [5.41, 5.74) is 1.81. The van der Waals surface area contributed by atoms with Crippen molar-refractivity contribution in [1.82, 2.24) is 9.97 Å². The molecule has 1 atom stereocenters. The molecule has 0 aliphatic rings. The quantitative estimate of drug-likeness (QED) is 0.920.